The van der Waals surface area contributed by atoms with Crippen LogP contribution in [0.4, 0.5) is 9.18 Å². The minimum absolute atomic E-state index is 0.0665. The van der Waals surface area contributed by atoms with Gasteiger partial charge in [0.05, 0.1) is 6.42 Å². The van der Waals surface area contributed by atoms with Crippen LogP contribution in [-0.2, 0) is 9.53 Å². The van der Waals surface area contributed by atoms with E-state index in [1.807, 2.05) is 0 Å². The minimum atomic E-state index is -1.05. The number of amides is 1. The maximum atomic E-state index is 12.8. The molecule has 23 heavy (non-hydrogen) atoms. The van der Waals surface area contributed by atoms with E-state index in [-0.39, 0.29) is 12.0 Å². The summed E-state index contributed by atoms with van der Waals surface area (Å²) in [4.78, 5) is 36.0. The van der Waals surface area contributed by atoms with Gasteiger partial charge in [-0.15, -0.1) is 0 Å². The molecule has 1 heterocycles. The third kappa shape index (κ3) is 4.77. The molecule has 1 aromatic carbocycles. The lowest BCUT2D eigenvalue weighted by Crippen LogP contribution is -2.44. The number of halogens is 1. The lowest BCUT2D eigenvalue weighted by Gasteiger charge is -2.32. The number of esters is 1. The van der Waals surface area contributed by atoms with Gasteiger partial charge >= 0.3 is 12.1 Å². The molecule has 6 nitrogen and oxygen atoms in total. The van der Waals surface area contributed by atoms with Gasteiger partial charge in [-0.3, -0.25) is 9.59 Å². The summed E-state index contributed by atoms with van der Waals surface area (Å²) in [6.07, 6.45) is 1.12. The molecule has 1 saturated heterocycles. The molecular formula is C16H18FNO5. The quantitative estimate of drug-likeness (QED) is 0.665. The van der Waals surface area contributed by atoms with Crippen molar-refractivity contribution in [3.63, 3.8) is 0 Å². The van der Waals surface area contributed by atoms with Gasteiger partial charge < -0.3 is 14.7 Å². The van der Waals surface area contributed by atoms with Gasteiger partial charge in [-0.2, -0.15) is 0 Å². The number of piperidine rings is 1. The van der Waals surface area contributed by atoms with Gasteiger partial charge in [0.15, 0.2) is 12.4 Å². The molecule has 1 aliphatic heterocycles. The van der Waals surface area contributed by atoms with Crippen molar-refractivity contribution in [2.45, 2.75) is 31.7 Å². The Hall–Kier alpha value is -2.44. The molecule has 0 radical (unpaired) electrons. The Morgan fingerprint density at radius 3 is 2.57 bits per heavy atom. The van der Waals surface area contributed by atoms with Gasteiger partial charge in [-0.1, -0.05) is 0 Å². The molecule has 124 valence electrons. The number of rotatable bonds is 5. The summed E-state index contributed by atoms with van der Waals surface area (Å²) in [7, 11) is 0. The monoisotopic (exact) mass is 323 g/mol. The van der Waals surface area contributed by atoms with Crippen LogP contribution in [0, 0.1) is 5.82 Å². The number of ether oxygens (including phenoxy) is 1. The van der Waals surface area contributed by atoms with Crippen LogP contribution in [-0.4, -0.2) is 47.0 Å². The van der Waals surface area contributed by atoms with Gasteiger partial charge in [0.25, 0.3) is 0 Å². The van der Waals surface area contributed by atoms with Crippen LogP contribution < -0.4 is 0 Å². The van der Waals surface area contributed by atoms with Gasteiger partial charge in [0.1, 0.15) is 5.82 Å². The number of likely N-dealkylation sites (tertiary alicyclic amines) is 1. The molecule has 7 heteroatoms. The van der Waals surface area contributed by atoms with E-state index < -0.39 is 36.3 Å². The smallest absolute Gasteiger partial charge is 0.407 e. The molecule has 0 aliphatic carbocycles. The Bertz CT molecular complexity index is 587. The average Bonchev–Trinajstić information content (AvgIpc) is 2.53. The Morgan fingerprint density at radius 1 is 1.22 bits per heavy atom. The van der Waals surface area contributed by atoms with Crippen molar-refractivity contribution >= 4 is 17.8 Å². The first-order valence-corrected chi connectivity index (χ1v) is 7.41. The van der Waals surface area contributed by atoms with E-state index in [0.29, 0.717) is 13.0 Å². The molecule has 1 atom stereocenters. The molecule has 0 spiro atoms. The highest BCUT2D eigenvalue weighted by atomic mass is 19.1. The van der Waals surface area contributed by atoms with Gasteiger partial charge in [0.2, 0.25) is 0 Å². The summed E-state index contributed by atoms with van der Waals surface area (Å²) in [6, 6.07) is 4.54. The first-order valence-electron chi connectivity index (χ1n) is 7.41. The van der Waals surface area contributed by atoms with E-state index in [9.17, 15) is 18.8 Å². The van der Waals surface area contributed by atoms with E-state index in [0.717, 1.165) is 25.0 Å². The van der Waals surface area contributed by atoms with E-state index >= 15 is 0 Å². The molecule has 1 N–H and O–H groups in total. The van der Waals surface area contributed by atoms with Crippen molar-refractivity contribution in [1.29, 1.82) is 0 Å². The number of benzene rings is 1. The Balaban J connectivity index is 1.83. The van der Waals surface area contributed by atoms with Crippen molar-refractivity contribution < 1.29 is 28.6 Å². The normalized spacial score (nSPS) is 17.6. The summed E-state index contributed by atoms with van der Waals surface area (Å²) >= 11 is 0. The van der Waals surface area contributed by atoms with Crippen LogP contribution in [0.5, 0.6) is 0 Å². The van der Waals surface area contributed by atoms with E-state index in [2.05, 4.69) is 0 Å². The number of Topliss-reactive ketones (excluding diaryl/α,β-unsaturated/α-hetero) is 1. The maximum absolute atomic E-state index is 12.8. The Kier molecular flexibility index (Phi) is 5.67. The van der Waals surface area contributed by atoms with Crippen LogP contribution in [0.1, 0.15) is 36.0 Å². The molecule has 0 bridgehead atoms. The fourth-order valence-corrected chi connectivity index (χ4v) is 2.58. The number of nitrogens with zero attached hydrogens (tertiary/aromatic N) is 1. The zero-order chi connectivity index (χ0) is 16.8. The predicted molar refractivity (Wildman–Crippen MR) is 78.7 cm³/mol. The maximum Gasteiger partial charge on any atom is 0.407 e. The summed E-state index contributed by atoms with van der Waals surface area (Å²) < 4.78 is 17.7. The summed E-state index contributed by atoms with van der Waals surface area (Å²) in [5.41, 5.74) is 0.254. The highest BCUT2D eigenvalue weighted by Gasteiger charge is 2.28. The topological polar surface area (TPSA) is 83.9 Å². The Labute approximate surface area is 132 Å². The number of carbonyl (C=O) groups is 3. The second-order valence-electron chi connectivity index (χ2n) is 5.42. The molecule has 1 fully saturated rings. The molecule has 1 aliphatic rings. The van der Waals surface area contributed by atoms with Crippen LogP contribution in [0.25, 0.3) is 0 Å². The third-order valence-corrected chi connectivity index (χ3v) is 3.81. The molecule has 0 saturated carbocycles. The number of ketones is 1. The number of hydrogen-bond acceptors (Lipinski definition) is 4. The summed E-state index contributed by atoms with van der Waals surface area (Å²) in [6.45, 7) is -0.0357. The second-order valence-corrected chi connectivity index (χ2v) is 5.42. The fourth-order valence-electron chi connectivity index (χ4n) is 2.58. The molecule has 1 aromatic rings. The van der Waals surface area contributed by atoms with Gasteiger partial charge in [-0.25, -0.2) is 9.18 Å². The van der Waals surface area contributed by atoms with Crippen LogP contribution in [0.2, 0.25) is 0 Å². The largest absolute Gasteiger partial charge is 0.465 e. The minimum Gasteiger partial charge on any atom is -0.465 e. The van der Waals surface area contributed by atoms with E-state index in [4.69, 9.17) is 9.84 Å². The summed E-state index contributed by atoms with van der Waals surface area (Å²) in [5.74, 6) is -1.50. The van der Waals surface area contributed by atoms with Crippen LogP contribution >= 0.6 is 0 Å². The van der Waals surface area contributed by atoms with Gasteiger partial charge in [-0.05, 0) is 43.5 Å². The molecule has 2 rings (SSSR count). The zero-order valence-corrected chi connectivity index (χ0v) is 12.5. The number of carboxylic acid groups (broad SMARTS) is 1. The lowest BCUT2D eigenvalue weighted by molar-refractivity contribution is -0.144. The highest BCUT2D eigenvalue weighted by Crippen LogP contribution is 2.20. The third-order valence-electron chi connectivity index (χ3n) is 3.81. The Morgan fingerprint density at radius 2 is 1.91 bits per heavy atom. The lowest BCUT2D eigenvalue weighted by atomic mass is 10.00. The van der Waals surface area contributed by atoms with Crippen molar-refractivity contribution in [3.05, 3.63) is 35.6 Å². The SMILES string of the molecule is O=C(C[C@@H]1CCCCN1C(=O)O)OCC(=O)c1ccc(F)cc1. The first-order chi connectivity index (χ1) is 11.0. The first kappa shape index (κ1) is 16.9. The summed E-state index contributed by atoms with van der Waals surface area (Å²) in [5, 5.41) is 9.10. The fraction of sp³-hybridized carbons (Fsp3) is 0.438. The molecule has 0 aromatic heterocycles. The van der Waals surface area contributed by atoms with E-state index in [1.165, 1.54) is 17.0 Å². The van der Waals surface area contributed by atoms with Crippen LogP contribution in [0.3, 0.4) is 0 Å². The molecule has 0 unspecified atom stereocenters. The zero-order valence-electron chi connectivity index (χ0n) is 12.5. The molecular weight excluding hydrogens is 305 g/mol. The van der Waals surface area contributed by atoms with Crippen molar-refractivity contribution in [3.8, 4) is 0 Å². The number of carbonyl (C=O) groups excluding carboxylic acids is 2. The van der Waals surface area contributed by atoms with Crippen molar-refractivity contribution in [1.82, 2.24) is 4.90 Å². The van der Waals surface area contributed by atoms with E-state index in [1.54, 1.807) is 0 Å². The highest BCUT2D eigenvalue weighted by molar-refractivity contribution is 5.97. The standard InChI is InChI=1S/C16H18FNO5/c17-12-6-4-11(5-7-12)14(19)10-23-15(20)9-13-3-1-2-8-18(13)16(21)22/h4-7,13H,1-3,8-10H2,(H,21,22)/t13-/m0/s1. The van der Waals surface area contributed by atoms with Gasteiger partial charge in [0, 0.05) is 18.2 Å². The van der Waals surface area contributed by atoms with Crippen molar-refractivity contribution in [2.75, 3.05) is 13.2 Å². The second kappa shape index (κ2) is 7.71. The van der Waals surface area contributed by atoms with Crippen molar-refractivity contribution in [2.24, 2.45) is 0 Å². The predicted octanol–water partition coefficient (Wildman–Crippen LogP) is 2.47. The average molecular weight is 323 g/mol. The molecule has 1 amide bonds. The van der Waals surface area contributed by atoms with Crippen LogP contribution in [0.15, 0.2) is 24.3 Å². The number of hydrogen-bond donors (Lipinski definition) is 1.